The molecule has 2 rings (SSSR count). The number of pyridine rings is 1. The maximum atomic E-state index is 12.0. The van der Waals surface area contributed by atoms with Crippen molar-refractivity contribution >= 4 is 21.8 Å². The van der Waals surface area contributed by atoms with Gasteiger partial charge in [-0.1, -0.05) is 40.2 Å². The number of rotatable bonds is 4. The molecule has 0 saturated carbocycles. The number of nitrogens with one attached hydrogen (secondary N) is 1. The number of carbonyl (C=O) groups excluding carboxylic acids is 1. The van der Waals surface area contributed by atoms with E-state index in [0.717, 1.165) is 16.6 Å². The van der Waals surface area contributed by atoms with Gasteiger partial charge in [-0.2, -0.15) is 0 Å². The molecular formula is C15H15BrN2O. The zero-order valence-electron chi connectivity index (χ0n) is 10.7. The van der Waals surface area contributed by atoms with Gasteiger partial charge in [-0.05, 0) is 30.2 Å². The van der Waals surface area contributed by atoms with Crippen LogP contribution in [-0.2, 0) is 11.9 Å². The number of nitrogens with zero attached hydrogens (tertiary/aromatic N) is 1. The van der Waals surface area contributed by atoms with E-state index in [1.807, 2.05) is 25.1 Å². The van der Waals surface area contributed by atoms with Crippen molar-refractivity contribution < 1.29 is 4.79 Å². The highest BCUT2D eigenvalue weighted by molar-refractivity contribution is 9.08. The highest BCUT2D eigenvalue weighted by Crippen LogP contribution is 2.09. The zero-order chi connectivity index (χ0) is 13.7. The molecule has 1 heterocycles. The van der Waals surface area contributed by atoms with E-state index in [-0.39, 0.29) is 5.91 Å². The molecule has 0 aliphatic rings. The molecule has 0 bridgehead atoms. The van der Waals surface area contributed by atoms with Crippen molar-refractivity contribution in [3.05, 3.63) is 65.0 Å². The molecule has 0 spiro atoms. The van der Waals surface area contributed by atoms with Crippen LogP contribution in [0.3, 0.4) is 0 Å². The average molecular weight is 319 g/mol. The van der Waals surface area contributed by atoms with Crippen molar-refractivity contribution in [1.29, 1.82) is 0 Å². The Kier molecular flexibility index (Phi) is 4.68. The largest absolute Gasteiger partial charge is 0.348 e. The molecule has 0 radical (unpaired) electrons. The number of aryl methyl sites for hydroxylation is 1. The third-order valence-electron chi connectivity index (χ3n) is 2.85. The summed E-state index contributed by atoms with van der Waals surface area (Å²) in [5.41, 5.74) is 3.66. The normalized spacial score (nSPS) is 10.2. The van der Waals surface area contributed by atoms with Crippen LogP contribution in [0.5, 0.6) is 0 Å². The van der Waals surface area contributed by atoms with Crippen LogP contribution in [0.15, 0.2) is 42.6 Å². The Morgan fingerprint density at radius 3 is 2.79 bits per heavy atom. The van der Waals surface area contributed by atoms with Crippen LogP contribution in [-0.4, -0.2) is 10.9 Å². The summed E-state index contributed by atoms with van der Waals surface area (Å²) >= 11 is 3.42. The van der Waals surface area contributed by atoms with Crippen LogP contribution in [0.1, 0.15) is 27.2 Å². The monoisotopic (exact) mass is 318 g/mol. The lowest BCUT2D eigenvalue weighted by Crippen LogP contribution is -2.23. The summed E-state index contributed by atoms with van der Waals surface area (Å²) in [5, 5.41) is 3.73. The molecule has 98 valence electrons. The van der Waals surface area contributed by atoms with E-state index in [2.05, 4.69) is 32.3 Å². The van der Waals surface area contributed by atoms with Gasteiger partial charge in [0.2, 0.25) is 0 Å². The lowest BCUT2D eigenvalue weighted by molar-refractivity contribution is 0.0950. The standard InChI is InChI=1S/C15H15BrN2O/c1-11-14(6-3-7-17-11)15(19)18-10-13-5-2-4-12(8-13)9-16/h2-8H,9-10H2,1H3,(H,18,19). The molecule has 0 unspecified atom stereocenters. The summed E-state index contributed by atoms with van der Waals surface area (Å²) in [5.74, 6) is -0.0881. The molecule has 0 fully saturated rings. The number of carbonyl (C=O) groups is 1. The van der Waals surface area contributed by atoms with Crippen LogP contribution < -0.4 is 5.32 Å². The Balaban J connectivity index is 2.02. The van der Waals surface area contributed by atoms with Gasteiger partial charge in [0.05, 0.1) is 5.56 Å². The van der Waals surface area contributed by atoms with E-state index in [1.54, 1.807) is 18.3 Å². The Morgan fingerprint density at radius 1 is 1.26 bits per heavy atom. The number of benzene rings is 1. The van der Waals surface area contributed by atoms with E-state index in [9.17, 15) is 4.79 Å². The van der Waals surface area contributed by atoms with E-state index in [4.69, 9.17) is 0 Å². The summed E-state index contributed by atoms with van der Waals surface area (Å²) in [6.07, 6.45) is 1.69. The lowest BCUT2D eigenvalue weighted by atomic mass is 10.1. The van der Waals surface area contributed by atoms with E-state index in [0.29, 0.717) is 12.1 Å². The third kappa shape index (κ3) is 3.64. The molecule has 2 aromatic rings. The van der Waals surface area contributed by atoms with Crippen LogP contribution >= 0.6 is 15.9 Å². The highest BCUT2D eigenvalue weighted by Gasteiger charge is 2.08. The number of amides is 1. The summed E-state index contributed by atoms with van der Waals surface area (Å²) in [6, 6.07) is 11.7. The number of alkyl halides is 1. The average Bonchev–Trinajstić information content (AvgIpc) is 2.45. The molecule has 1 N–H and O–H groups in total. The Hall–Kier alpha value is -1.68. The minimum Gasteiger partial charge on any atom is -0.348 e. The smallest absolute Gasteiger partial charge is 0.253 e. The fourth-order valence-corrected chi connectivity index (χ4v) is 2.17. The summed E-state index contributed by atoms with van der Waals surface area (Å²) in [4.78, 5) is 16.1. The van der Waals surface area contributed by atoms with Gasteiger partial charge in [0, 0.05) is 23.8 Å². The molecule has 19 heavy (non-hydrogen) atoms. The molecule has 4 heteroatoms. The van der Waals surface area contributed by atoms with Crippen molar-refractivity contribution in [3.63, 3.8) is 0 Å². The molecule has 0 atom stereocenters. The van der Waals surface area contributed by atoms with Crippen molar-refractivity contribution in [3.8, 4) is 0 Å². The number of hydrogen-bond acceptors (Lipinski definition) is 2. The Morgan fingerprint density at radius 2 is 2.05 bits per heavy atom. The minimum atomic E-state index is -0.0881. The Bertz CT molecular complexity index is 584. The van der Waals surface area contributed by atoms with Gasteiger partial charge in [0.25, 0.3) is 5.91 Å². The second-order valence-corrected chi connectivity index (χ2v) is 4.83. The van der Waals surface area contributed by atoms with Crippen molar-refractivity contribution in [1.82, 2.24) is 10.3 Å². The van der Waals surface area contributed by atoms with E-state index in [1.165, 1.54) is 5.56 Å². The van der Waals surface area contributed by atoms with Gasteiger partial charge in [-0.3, -0.25) is 9.78 Å². The number of hydrogen-bond donors (Lipinski definition) is 1. The molecule has 1 aromatic carbocycles. The first-order chi connectivity index (χ1) is 9.20. The van der Waals surface area contributed by atoms with Crippen LogP contribution in [0.25, 0.3) is 0 Å². The van der Waals surface area contributed by atoms with Gasteiger partial charge in [-0.25, -0.2) is 0 Å². The summed E-state index contributed by atoms with van der Waals surface area (Å²) < 4.78 is 0. The van der Waals surface area contributed by atoms with Gasteiger partial charge < -0.3 is 5.32 Å². The zero-order valence-corrected chi connectivity index (χ0v) is 12.3. The van der Waals surface area contributed by atoms with Crippen molar-refractivity contribution in [2.45, 2.75) is 18.8 Å². The third-order valence-corrected chi connectivity index (χ3v) is 3.50. The fourth-order valence-electron chi connectivity index (χ4n) is 1.82. The van der Waals surface area contributed by atoms with Crippen molar-refractivity contribution in [2.75, 3.05) is 0 Å². The van der Waals surface area contributed by atoms with Crippen LogP contribution in [0.2, 0.25) is 0 Å². The van der Waals surface area contributed by atoms with Gasteiger partial charge in [0.1, 0.15) is 0 Å². The van der Waals surface area contributed by atoms with Crippen LogP contribution in [0, 0.1) is 6.92 Å². The van der Waals surface area contributed by atoms with Gasteiger partial charge in [0.15, 0.2) is 0 Å². The molecule has 0 saturated heterocycles. The predicted molar refractivity (Wildman–Crippen MR) is 79.2 cm³/mol. The summed E-state index contributed by atoms with van der Waals surface area (Å²) in [6.45, 7) is 2.36. The first-order valence-corrected chi connectivity index (χ1v) is 7.16. The molecule has 1 aromatic heterocycles. The molecular weight excluding hydrogens is 304 g/mol. The predicted octanol–water partition coefficient (Wildman–Crippen LogP) is 3.21. The maximum absolute atomic E-state index is 12.0. The number of aromatic nitrogens is 1. The quantitative estimate of drug-likeness (QED) is 0.879. The van der Waals surface area contributed by atoms with E-state index < -0.39 is 0 Å². The van der Waals surface area contributed by atoms with E-state index >= 15 is 0 Å². The van der Waals surface area contributed by atoms with Gasteiger partial charge in [-0.15, -0.1) is 0 Å². The topological polar surface area (TPSA) is 42.0 Å². The maximum Gasteiger partial charge on any atom is 0.253 e. The second kappa shape index (κ2) is 6.48. The van der Waals surface area contributed by atoms with Crippen LogP contribution in [0.4, 0.5) is 0 Å². The first-order valence-electron chi connectivity index (χ1n) is 6.04. The molecule has 0 aliphatic heterocycles. The molecule has 0 aliphatic carbocycles. The van der Waals surface area contributed by atoms with Gasteiger partial charge >= 0.3 is 0 Å². The SMILES string of the molecule is Cc1ncccc1C(=O)NCc1cccc(CBr)c1. The lowest BCUT2D eigenvalue weighted by Gasteiger charge is -2.08. The number of halogens is 1. The first kappa shape index (κ1) is 13.7. The fraction of sp³-hybridized carbons (Fsp3) is 0.200. The second-order valence-electron chi connectivity index (χ2n) is 4.27. The Labute approximate surface area is 121 Å². The molecule has 1 amide bonds. The highest BCUT2D eigenvalue weighted by atomic mass is 79.9. The summed E-state index contributed by atoms with van der Waals surface area (Å²) in [7, 11) is 0. The minimum absolute atomic E-state index is 0.0881. The van der Waals surface area contributed by atoms with Crippen molar-refractivity contribution in [2.24, 2.45) is 0 Å². The molecule has 3 nitrogen and oxygen atoms in total.